The first-order chi connectivity index (χ1) is 7.80. The molecule has 0 bridgehead atoms. The van der Waals surface area contributed by atoms with Gasteiger partial charge in [-0.1, -0.05) is 6.92 Å². The number of hydrogen-bond donors (Lipinski definition) is 1. The van der Waals surface area contributed by atoms with Gasteiger partial charge in [-0.05, 0) is 41.0 Å². The van der Waals surface area contributed by atoms with Gasteiger partial charge in [-0.15, -0.1) is 0 Å². The van der Waals surface area contributed by atoms with E-state index in [2.05, 4.69) is 19.2 Å². The van der Waals surface area contributed by atoms with Crippen LogP contribution in [0, 0.1) is 0 Å². The van der Waals surface area contributed by atoms with Gasteiger partial charge in [-0.25, -0.2) is 4.79 Å². The van der Waals surface area contributed by atoms with E-state index in [-0.39, 0.29) is 6.09 Å². The van der Waals surface area contributed by atoms with Crippen molar-refractivity contribution in [1.82, 2.24) is 10.2 Å². The van der Waals surface area contributed by atoms with Crippen molar-refractivity contribution in [2.45, 2.75) is 59.6 Å². The molecule has 17 heavy (non-hydrogen) atoms. The molecule has 0 aliphatic heterocycles. The van der Waals surface area contributed by atoms with Crippen LogP contribution in [-0.2, 0) is 4.74 Å². The molecule has 0 aromatic rings. The molecule has 1 amide bonds. The lowest BCUT2D eigenvalue weighted by Crippen LogP contribution is -2.41. The number of hydrogen-bond acceptors (Lipinski definition) is 3. The lowest BCUT2D eigenvalue weighted by molar-refractivity contribution is 0.0261. The van der Waals surface area contributed by atoms with Crippen molar-refractivity contribution >= 4 is 6.09 Å². The number of amides is 1. The predicted molar refractivity (Wildman–Crippen MR) is 71.2 cm³/mol. The first-order valence-electron chi connectivity index (χ1n) is 6.51. The Bertz CT molecular complexity index is 224. The number of rotatable bonds is 6. The fourth-order valence-corrected chi connectivity index (χ4v) is 1.30. The van der Waals surface area contributed by atoms with E-state index in [0.717, 1.165) is 13.0 Å². The highest BCUT2D eigenvalue weighted by molar-refractivity contribution is 5.68. The standard InChI is InChI=1S/C13H28N2O2/c1-7-11(3)14-9-10-15(8-2)12(16)17-13(4,5)6/h11,14H,7-10H2,1-6H3. The first kappa shape index (κ1) is 16.2. The molecule has 0 fully saturated rings. The van der Waals surface area contributed by atoms with Crippen LogP contribution in [0.2, 0.25) is 0 Å². The second-order valence-electron chi connectivity index (χ2n) is 5.32. The van der Waals surface area contributed by atoms with E-state index in [0.29, 0.717) is 19.1 Å². The molecule has 0 aromatic heterocycles. The van der Waals surface area contributed by atoms with E-state index in [9.17, 15) is 4.79 Å². The van der Waals surface area contributed by atoms with Crippen molar-refractivity contribution < 1.29 is 9.53 Å². The third-order valence-electron chi connectivity index (χ3n) is 2.52. The van der Waals surface area contributed by atoms with Crippen molar-refractivity contribution in [2.24, 2.45) is 0 Å². The molecule has 102 valence electrons. The van der Waals surface area contributed by atoms with E-state index in [1.165, 1.54) is 0 Å². The molecular formula is C13H28N2O2. The normalized spacial score (nSPS) is 13.3. The van der Waals surface area contributed by atoms with Crippen LogP contribution in [0.15, 0.2) is 0 Å². The van der Waals surface area contributed by atoms with Crippen LogP contribution in [0.5, 0.6) is 0 Å². The Kier molecular flexibility index (Phi) is 7.19. The lowest BCUT2D eigenvalue weighted by atomic mass is 10.2. The molecule has 0 spiro atoms. The minimum atomic E-state index is -0.422. The van der Waals surface area contributed by atoms with Crippen molar-refractivity contribution in [2.75, 3.05) is 19.6 Å². The maximum Gasteiger partial charge on any atom is 0.410 e. The van der Waals surface area contributed by atoms with Crippen LogP contribution in [0.4, 0.5) is 4.79 Å². The highest BCUT2D eigenvalue weighted by atomic mass is 16.6. The fourth-order valence-electron chi connectivity index (χ4n) is 1.30. The molecule has 0 heterocycles. The second kappa shape index (κ2) is 7.54. The molecule has 4 heteroatoms. The van der Waals surface area contributed by atoms with Crippen molar-refractivity contribution in [3.05, 3.63) is 0 Å². The summed E-state index contributed by atoms with van der Waals surface area (Å²) in [6.07, 6.45) is 0.865. The molecule has 4 nitrogen and oxygen atoms in total. The third kappa shape index (κ3) is 8.02. The van der Waals surface area contributed by atoms with Crippen LogP contribution in [-0.4, -0.2) is 42.3 Å². The molecule has 0 aromatic carbocycles. The van der Waals surface area contributed by atoms with Gasteiger partial charge in [0.05, 0.1) is 0 Å². The number of carbonyl (C=O) groups excluding carboxylic acids is 1. The summed E-state index contributed by atoms with van der Waals surface area (Å²) in [6.45, 7) is 14.1. The molecule has 0 rings (SSSR count). The van der Waals surface area contributed by atoms with Gasteiger partial charge in [0.15, 0.2) is 0 Å². The molecule has 0 radical (unpaired) electrons. The summed E-state index contributed by atoms with van der Waals surface area (Å²) in [5.41, 5.74) is -0.422. The molecule has 1 unspecified atom stereocenters. The molecule has 0 aliphatic rings. The Labute approximate surface area is 106 Å². The second-order valence-corrected chi connectivity index (χ2v) is 5.32. The minimum absolute atomic E-state index is 0.231. The van der Waals surface area contributed by atoms with Crippen LogP contribution in [0.25, 0.3) is 0 Å². The molecule has 1 N–H and O–H groups in total. The van der Waals surface area contributed by atoms with E-state index >= 15 is 0 Å². The maximum atomic E-state index is 11.8. The van der Waals surface area contributed by atoms with Gasteiger partial charge in [0.2, 0.25) is 0 Å². The largest absolute Gasteiger partial charge is 0.444 e. The van der Waals surface area contributed by atoms with Gasteiger partial charge in [-0.2, -0.15) is 0 Å². The monoisotopic (exact) mass is 244 g/mol. The van der Waals surface area contributed by atoms with E-state index in [4.69, 9.17) is 4.74 Å². The van der Waals surface area contributed by atoms with E-state index in [1.807, 2.05) is 27.7 Å². The number of nitrogens with one attached hydrogen (secondary N) is 1. The fraction of sp³-hybridized carbons (Fsp3) is 0.923. The van der Waals surface area contributed by atoms with Gasteiger partial charge in [0.1, 0.15) is 5.60 Å². The van der Waals surface area contributed by atoms with Crippen molar-refractivity contribution in [1.29, 1.82) is 0 Å². The Hall–Kier alpha value is -0.770. The Morgan fingerprint density at radius 1 is 1.35 bits per heavy atom. The summed E-state index contributed by atoms with van der Waals surface area (Å²) >= 11 is 0. The number of ether oxygens (including phenoxy) is 1. The summed E-state index contributed by atoms with van der Waals surface area (Å²) in [7, 11) is 0. The van der Waals surface area contributed by atoms with Gasteiger partial charge >= 0.3 is 6.09 Å². The summed E-state index contributed by atoms with van der Waals surface area (Å²) in [5.74, 6) is 0. The van der Waals surface area contributed by atoms with Gasteiger partial charge in [-0.3, -0.25) is 0 Å². The number of likely N-dealkylation sites (N-methyl/N-ethyl adjacent to an activating group) is 1. The van der Waals surface area contributed by atoms with E-state index < -0.39 is 5.60 Å². The SMILES string of the molecule is CCC(C)NCCN(CC)C(=O)OC(C)(C)C. The zero-order chi connectivity index (χ0) is 13.5. The Morgan fingerprint density at radius 3 is 2.35 bits per heavy atom. The van der Waals surface area contributed by atoms with Crippen LogP contribution < -0.4 is 5.32 Å². The minimum Gasteiger partial charge on any atom is -0.444 e. The molecule has 0 aliphatic carbocycles. The van der Waals surface area contributed by atoms with Crippen LogP contribution >= 0.6 is 0 Å². The van der Waals surface area contributed by atoms with Gasteiger partial charge in [0.25, 0.3) is 0 Å². The predicted octanol–water partition coefficient (Wildman–Crippen LogP) is 2.63. The van der Waals surface area contributed by atoms with Crippen LogP contribution in [0.3, 0.4) is 0 Å². The van der Waals surface area contributed by atoms with Crippen molar-refractivity contribution in [3.63, 3.8) is 0 Å². The first-order valence-corrected chi connectivity index (χ1v) is 6.51. The lowest BCUT2D eigenvalue weighted by Gasteiger charge is -2.27. The molecule has 0 saturated heterocycles. The summed E-state index contributed by atoms with van der Waals surface area (Å²) < 4.78 is 5.33. The van der Waals surface area contributed by atoms with Gasteiger partial charge < -0.3 is 15.0 Å². The quantitative estimate of drug-likeness (QED) is 0.781. The number of nitrogens with zero attached hydrogens (tertiary/aromatic N) is 1. The zero-order valence-corrected chi connectivity index (χ0v) is 12.2. The average Bonchev–Trinajstić information content (AvgIpc) is 2.21. The van der Waals surface area contributed by atoms with Crippen molar-refractivity contribution in [3.8, 4) is 0 Å². The highest BCUT2D eigenvalue weighted by Gasteiger charge is 2.20. The van der Waals surface area contributed by atoms with Gasteiger partial charge in [0, 0.05) is 25.7 Å². The average molecular weight is 244 g/mol. The van der Waals surface area contributed by atoms with E-state index in [1.54, 1.807) is 4.90 Å². The number of carbonyl (C=O) groups is 1. The molecule has 1 atom stereocenters. The third-order valence-corrected chi connectivity index (χ3v) is 2.52. The summed E-state index contributed by atoms with van der Waals surface area (Å²) in [4.78, 5) is 13.5. The van der Waals surface area contributed by atoms with Crippen LogP contribution in [0.1, 0.15) is 48.0 Å². The highest BCUT2D eigenvalue weighted by Crippen LogP contribution is 2.09. The smallest absolute Gasteiger partial charge is 0.410 e. The molecule has 0 saturated carbocycles. The Morgan fingerprint density at radius 2 is 1.94 bits per heavy atom. The topological polar surface area (TPSA) is 41.6 Å². The summed E-state index contributed by atoms with van der Waals surface area (Å²) in [5, 5.41) is 3.37. The molecular weight excluding hydrogens is 216 g/mol. The summed E-state index contributed by atoms with van der Waals surface area (Å²) in [6, 6.07) is 0.493. The zero-order valence-electron chi connectivity index (χ0n) is 12.2. The Balaban J connectivity index is 4.02. The maximum absolute atomic E-state index is 11.8.